The summed E-state index contributed by atoms with van der Waals surface area (Å²) in [5, 5.41) is 0. The quantitative estimate of drug-likeness (QED) is 0.577. The van der Waals surface area contributed by atoms with Crippen molar-refractivity contribution in [2.75, 3.05) is 40.3 Å². The molecule has 0 aromatic heterocycles. The Morgan fingerprint density at radius 3 is 2.28 bits per heavy atom. The molecule has 0 N–H and O–H groups in total. The van der Waals surface area contributed by atoms with Gasteiger partial charge in [0.15, 0.2) is 0 Å². The molecule has 0 unspecified atom stereocenters. The van der Waals surface area contributed by atoms with Crippen LogP contribution in [-0.4, -0.2) is 72.6 Å². The molecule has 4 fully saturated rings. The summed E-state index contributed by atoms with van der Waals surface area (Å²) in [5.41, 5.74) is 1.20. The van der Waals surface area contributed by atoms with Gasteiger partial charge in [-0.15, -0.1) is 0 Å². The highest BCUT2D eigenvalue weighted by Crippen LogP contribution is 2.49. The van der Waals surface area contributed by atoms with Crippen molar-refractivity contribution < 1.29 is 14.3 Å². The Kier molecular flexibility index (Phi) is 5.68. The van der Waals surface area contributed by atoms with E-state index in [1.165, 1.54) is 18.4 Å². The number of carbonyl (C=O) groups excluding carboxylic acids is 2. The molecule has 1 aromatic carbocycles. The van der Waals surface area contributed by atoms with Crippen LogP contribution in [0.5, 0.6) is 0 Å². The second kappa shape index (κ2) is 8.36. The number of esters is 1. The number of benzene rings is 1. The Balaban J connectivity index is 1.32. The number of hydrogen-bond donors (Lipinski definition) is 0. The minimum absolute atomic E-state index is 0.00256. The lowest BCUT2D eigenvalue weighted by atomic mass is 9.68. The molecule has 6 nitrogen and oxygen atoms in total. The van der Waals surface area contributed by atoms with Gasteiger partial charge in [-0.1, -0.05) is 30.3 Å². The number of urea groups is 1. The topological polar surface area (TPSA) is 53.1 Å². The Morgan fingerprint density at radius 1 is 1.03 bits per heavy atom. The van der Waals surface area contributed by atoms with Crippen LogP contribution in [0.15, 0.2) is 30.3 Å². The van der Waals surface area contributed by atoms with Crippen LogP contribution in [0.4, 0.5) is 4.79 Å². The highest BCUT2D eigenvalue weighted by atomic mass is 16.5. The second-order valence-corrected chi connectivity index (χ2v) is 10.8. The zero-order valence-corrected chi connectivity index (χ0v) is 19.6. The number of ether oxygens (including phenoxy) is 1. The summed E-state index contributed by atoms with van der Waals surface area (Å²) in [4.78, 5) is 32.1. The lowest BCUT2D eigenvalue weighted by Crippen LogP contribution is -2.55. The van der Waals surface area contributed by atoms with Crippen molar-refractivity contribution in [2.24, 2.45) is 11.8 Å². The molecule has 6 heteroatoms. The molecule has 3 aliphatic carbocycles. The van der Waals surface area contributed by atoms with Gasteiger partial charge in [-0.25, -0.2) is 4.79 Å². The number of amides is 2. The first-order chi connectivity index (χ1) is 15.4. The minimum atomic E-state index is -0.253. The normalized spacial score (nSPS) is 30.4. The van der Waals surface area contributed by atoms with Crippen LogP contribution in [-0.2, 0) is 15.1 Å². The van der Waals surface area contributed by atoms with Crippen molar-refractivity contribution in [2.45, 2.75) is 62.4 Å². The smallest absolute Gasteiger partial charge is 0.325 e. The van der Waals surface area contributed by atoms with Crippen molar-refractivity contribution in [3.63, 3.8) is 0 Å². The van der Waals surface area contributed by atoms with E-state index in [-0.39, 0.29) is 29.6 Å². The maximum absolute atomic E-state index is 13.4. The third kappa shape index (κ3) is 4.14. The van der Waals surface area contributed by atoms with Crippen molar-refractivity contribution in [1.82, 2.24) is 14.7 Å². The van der Waals surface area contributed by atoms with Crippen molar-refractivity contribution in [3.8, 4) is 0 Å². The minimum Gasteiger partial charge on any atom is -0.464 e. The molecule has 1 aliphatic heterocycles. The zero-order valence-electron chi connectivity index (χ0n) is 19.6. The molecule has 5 rings (SSSR count). The summed E-state index contributed by atoms with van der Waals surface area (Å²) in [5.74, 6) is 0.921. The molecule has 1 saturated heterocycles. The molecule has 4 aliphatic rings. The van der Waals surface area contributed by atoms with Crippen LogP contribution in [0.1, 0.15) is 56.9 Å². The van der Waals surface area contributed by atoms with Crippen LogP contribution < -0.4 is 0 Å². The Labute approximate surface area is 191 Å². The van der Waals surface area contributed by atoms with Crippen molar-refractivity contribution in [1.29, 1.82) is 0 Å². The maximum Gasteiger partial charge on any atom is 0.325 e. The fourth-order valence-electron chi connectivity index (χ4n) is 5.83. The predicted molar refractivity (Wildman–Crippen MR) is 123 cm³/mol. The molecule has 3 saturated carbocycles. The van der Waals surface area contributed by atoms with Gasteiger partial charge in [-0.3, -0.25) is 9.69 Å². The third-order valence-corrected chi connectivity index (χ3v) is 8.37. The van der Waals surface area contributed by atoms with E-state index in [2.05, 4.69) is 54.2 Å². The lowest BCUT2D eigenvalue weighted by Gasteiger charge is -2.51. The summed E-state index contributed by atoms with van der Waals surface area (Å²) >= 11 is 0. The van der Waals surface area contributed by atoms with E-state index in [9.17, 15) is 9.59 Å². The molecule has 1 spiro atoms. The SMILES string of the molecule is CN(C)[C@]1(c2ccccc2)CC[C@@]2(CC1)CN(CC(=O)OCC1CC1)C(=O)N2CC1CC1. The van der Waals surface area contributed by atoms with Crippen LogP contribution in [0.2, 0.25) is 0 Å². The standard InChI is InChI=1S/C26H37N3O3/c1-27(2)26(22-6-4-3-5-7-22)14-12-25(13-15-26)19-28(17-23(30)32-18-21-10-11-21)24(31)29(25)16-20-8-9-20/h3-7,20-21H,8-19H2,1-2H3/t25-,26-. The van der Waals surface area contributed by atoms with Crippen molar-refractivity contribution >= 4 is 12.0 Å². The summed E-state index contributed by atoms with van der Waals surface area (Å²) in [6.45, 7) is 2.09. The molecular formula is C26H37N3O3. The maximum atomic E-state index is 13.4. The van der Waals surface area contributed by atoms with E-state index in [1.807, 2.05) is 0 Å². The highest BCUT2D eigenvalue weighted by molar-refractivity contribution is 5.83. The van der Waals surface area contributed by atoms with E-state index in [0.29, 0.717) is 25.0 Å². The van der Waals surface area contributed by atoms with E-state index < -0.39 is 0 Å². The van der Waals surface area contributed by atoms with Gasteiger partial charge in [0, 0.05) is 18.6 Å². The predicted octanol–water partition coefficient (Wildman–Crippen LogP) is 3.86. The van der Waals surface area contributed by atoms with Gasteiger partial charge < -0.3 is 14.5 Å². The van der Waals surface area contributed by atoms with Gasteiger partial charge >= 0.3 is 12.0 Å². The van der Waals surface area contributed by atoms with Gasteiger partial charge in [0.25, 0.3) is 0 Å². The van der Waals surface area contributed by atoms with Gasteiger partial charge in [-0.2, -0.15) is 0 Å². The molecule has 0 radical (unpaired) electrons. The van der Waals surface area contributed by atoms with Gasteiger partial charge in [0.05, 0.1) is 12.1 Å². The first-order valence-electron chi connectivity index (χ1n) is 12.4. The average Bonchev–Trinajstić information content (AvgIpc) is 3.71. The average molecular weight is 440 g/mol. The largest absolute Gasteiger partial charge is 0.464 e. The Hall–Kier alpha value is -2.08. The molecule has 1 heterocycles. The fraction of sp³-hybridized carbons (Fsp3) is 0.692. The highest BCUT2D eigenvalue weighted by Gasteiger charge is 2.55. The number of hydrogen-bond acceptors (Lipinski definition) is 4. The molecule has 32 heavy (non-hydrogen) atoms. The number of carbonyl (C=O) groups is 2. The molecule has 0 bridgehead atoms. The molecule has 0 atom stereocenters. The van der Waals surface area contributed by atoms with E-state index in [0.717, 1.165) is 45.1 Å². The van der Waals surface area contributed by atoms with Crippen LogP contribution in [0, 0.1) is 11.8 Å². The van der Waals surface area contributed by atoms with E-state index in [1.54, 1.807) is 4.90 Å². The lowest BCUT2D eigenvalue weighted by molar-refractivity contribution is -0.144. The Bertz CT molecular complexity index is 839. The monoisotopic (exact) mass is 439 g/mol. The van der Waals surface area contributed by atoms with Crippen molar-refractivity contribution in [3.05, 3.63) is 35.9 Å². The molecule has 1 aromatic rings. The first kappa shape index (κ1) is 21.7. The Morgan fingerprint density at radius 2 is 1.69 bits per heavy atom. The second-order valence-electron chi connectivity index (χ2n) is 10.8. The summed E-state index contributed by atoms with van der Waals surface area (Å²) in [6.07, 6.45) is 8.70. The van der Waals surface area contributed by atoms with Gasteiger partial charge in [0.2, 0.25) is 0 Å². The van der Waals surface area contributed by atoms with Crippen LogP contribution in [0.3, 0.4) is 0 Å². The third-order valence-electron chi connectivity index (χ3n) is 8.37. The van der Waals surface area contributed by atoms with Crippen LogP contribution in [0.25, 0.3) is 0 Å². The first-order valence-corrected chi connectivity index (χ1v) is 12.4. The zero-order chi connectivity index (χ0) is 22.3. The van der Waals surface area contributed by atoms with Gasteiger partial charge in [0.1, 0.15) is 6.54 Å². The van der Waals surface area contributed by atoms with Gasteiger partial charge in [-0.05, 0) is 82.9 Å². The molecular weight excluding hydrogens is 402 g/mol. The number of rotatable bonds is 8. The molecule has 2 amide bonds. The summed E-state index contributed by atoms with van der Waals surface area (Å²) in [7, 11) is 4.35. The van der Waals surface area contributed by atoms with Crippen LogP contribution >= 0.6 is 0 Å². The van der Waals surface area contributed by atoms with E-state index in [4.69, 9.17) is 4.74 Å². The molecule has 174 valence electrons. The number of nitrogens with zero attached hydrogens (tertiary/aromatic N) is 3. The summed E-state index contributed by atoms with van der Waals surface area (Å²) in [6, 6.07) is 10.8. The fourth-order valence-corrected chi connectivity index (χ4v) is 5.83. The summed E-state index contributed by atoms with van der Waals surface area (Å²) < 4.78 is 5.45. The van der Waals surface area contributed by atoms with E-state index >= 15 is 0 Å².